The Hall–Kier alpha value is -1.62. The van der Waals surface area contributed by atoms with Crippen molar-refractivity contribution in [2.45, 2.75) is 19.9 Å². The first-order chi connectivity index (χ1) is 7.97. The predicted molar refractivity (Wildman–Crippen MR) is 62.7 cm³/mol. The number of benzene rings is 1. The molecule has 1 aromatic carbocycles. The molecule has 2 atom stereocenters. The number of hydrogen-bond acceptors (Lipinski definition) is 3. The number of carboxylic acids is 1. The van der Waals surface area contributed by atoms with Crippen molar-refractivity contribution in [2.75, 3.05) is 11.9 Å². The van der Waals surface area contributed by atoms with Gasteiger partial charge in [-0.15, -0.1) is 0 Å². The van der Waals surface area contributed by atoms with Crippen LogP contribution in [0.25, 0.3) is 0 Å². The lowest BCUT2D eigenvalue weighted by Gasteiger charge is -2.21. The Morgan fingerprint density at radius 2 is 2.12 bits per heavy atom. The minimum atomic E-state index is -1.31. The quantitative estimate of drug-likeness (QED) is 0.737. The van der Waals surface area contributed by atoms with E-state index in [-0.39, 0.29) is 29.8 Å². The highest BCUT2D eigenvalue weighted by molar-refractivity contribution is 5.94. The lowest BCUT2D eigenvalue weighted by molar-refractivity contribution is 0.0693. The first kappa shape index (κ1) is 13.4. The molecule has 17 heavy (non-hydrogen) atoms. The molecule has 0 aliphatic heterocycles. The van der Waals surface area contributed by atoms with E-state index >= 15 is 0 Å². The molecule has 0 spiro atoms. The third-order valence-corrected chi connectivity index (χ3v) is 2.75. The molecule has 4 nitrogen and oxygen atoms in total. The van der Waals surface area contributed by atoms with E-state index in [1.165, 1.54) is 12.1 Å². The molecule has 2 unspecified atom stereocenters. The third-order valence-electron chi connectivity index (χ3n) is 2.75. The minimum Gasteiger partial charge on any atom is -0.478 e. The standard InChI is InChI=1S/C12H16FNO3/c1-7(6-15)8(2)14-10-5-3-4-9(13)11(10)12(16)17/h3-5,7-8,14-15H,6H2,1-2H3,(H,16,17). The van der Waals surface area contributed by atoms with Gasteiger partial charge in [0.1, 0.15) is 11.4 Å². The topological polar surface area (TPSA) is 69.6 Å². The Bertz CT molecular complexity index is 409. The van der Waals surface area contributed by atoms with E-state index in [0.29, 0.717) is 0 Å². The molecule has 0 heterocycles. The molecule has 1 rings (SSSR count). The molecule has 0 bridgehead atoms. The van der Waals surface area contributed by atoms with Crippen LogP contribution in [0.2, 0.25) is 0 Å². The smallest absolute Gasteiger partial charge is 0.340 e. The Kier molecular flexibility index (Phi) is 4.45. The summed E-state index contributed by atoms with van der Waals surface area (Å²) in [5.74, 6) is -2.14. The maximum Gasteiger partial charge on any atom is 0.340 e. The molecule has 0 saturated heterocycles. The van der Waals surface area contributed by atoms with Crippen molar-refractivity contribution in [2.24, 2.45) is 5.92 Å². The van der Waals surface area contributed by atoms with Crippen molar-refractivity contribution in [3.63, 3.8) is 0 Å². The van der Waals surface area contributed by atoms with Crippen LogP contribution in [0.4, 0.5) is 10.1 Å². The van der Waals surface area contributed by atoms with Gasteiger partial charge in [0.15, 0.2) is 0 Å². The first-order valence-corrected chi connectivity index (χ1v) is 5.36. The zero-order chi connectivity index (χ0) is 13.0. The lowest BCUT2D eigenvalue weighted by Crippen LogP contribution is -2.27. The molecule has 94 valence electrons. The highest BCUT2D eigenvalue weighted by Gasteiger charge is 2.18. The summed E-state index contributed by atoms with van der Waals surface area (Å²) in [6, 6.07) is 3.91. The van der Waals surface area contributed by atoms with E-state index in [1.807, 2.05) is 6.92 Å². The molecule has 0 amide bonds. The summed E-state index contributed by atoms with van der Waals surface area (Å²) in [4.78, 5) is 10.9. The number of hydrogen-bond donors (Lipinski definition) is 3. The number of nitrogens with one attached hydrogen (secondary N) is 1. The Balaban J connectivity index is 2.98. The van der Waals surface area contributed by atoms with Crippen molar-refractivity contribution >= 4 is 11.7 Å². The molecule has 0 aromatic heterocycles. The fourth-order valence-corrected chi connectivity index (χ4v) is 1.41. The molecule has 5 heteroatoms. The fourth-order valence-electron chi connectivity index (χ4n) is 1.41. The second kappa shape index (κ2) is 5.63. The van der Waals surface area contributed by atoms with Crippen molar-refractivity contribution in [3.05, 3.63) is 29.6 Å². The van der Waals surface area contributed by atoms with Crippen molar-refractivity contribution in [1.82, 2.24) is 0 Å². The van der Waals surface area contributed by atoms with E-state index in [4.69, 9.17) is 10.2 Å². The van der Waals surface area contributed by atoms with Crippen molar-refractivity contribution in [1.29, 1.82) is 0 Å². The average molecular weight is 241 g/mol. The van der Waals surface area contributed by atoms with Gasteiger partial charge in [0, 0.05) is 12.6 Å². The number of halogens is 1. The van der Waals surface area contributed by atoms with Crippen LogP contribution in [-0.2, 0) is 0 Å². The van der Waals surface area contributed by atoms with Crippen LogP contribution in [-0.4, -0.2) is 28.8 Å². The summed E-state index contributed by atoms with van der Waals surface area (Å²) in [6.45, 7) is 3.60. The molecular formula is C12H16FNO3. The predicted octanol–water partition coefficient (Wildman–Crippen LogP) is 1.95. The summed E-state index contributed by atoms with van der Waals surface area (Å²) >= 11 is 0. The number of rotatable bonds is 5. The Labute approximate surface area is 99.1 Å². The largest absolute Gasteiger partial charge is 0.478 e. The summed E-state index contributed by atoms with van der Waals surface area (Å²) in [5, 5.41) is 20.8. The molecule has 0 fully saturated rings. The highest BCUT2D eigenvalue weighted by atomic mass is 19.1. The summed E-state index contributed by atoms with van der Waals surface area (Å²) < 4.78 is 13.4. The number of aliphatic hydroxyl groups is 1. The Morgan fingerprint density at radius 3 is 2.65 bits per heavy atom. The van der Waals surface area contributed by atoms with Gasteiger partial charge < -0.3 is 15.5 Å². The second-order valence-electron chi connectivity index (χ2n) is 4.06. The molecule has 1 aromatic rings. The highest BCUT2D eigenvalue weighted by Crippen LogP contribution is 2.21. The van der Waals surface area contributed by atoms with Crippen LogP contribution in [0.15, 0.2) is 18.2 Å². The fraction of sp³-hybridized carbons (Fsp3) is 0.417. The maximum absolute atomic E-state index is 13.4. The van der Waals surface area contributed by atoms with Gasteiger partial charge in [-0.2, -0.15) is 0 Å². The van der Waals surface area contributed by atoms with Gasteiger partial charge in [0.25, 0.3) is 0 Å². The van der Waals surface area contributed by atoms with E-state index in [9.17, 15) is 9.18 Å². The van der Waals surface area contributed by atoms with Gasteiger partial charge >= 0.3 is 5.97 Å². The van der Waals surface area contributed by atoms with Gasteiger partial charge in [0.2, 0.25) is 0 Å². The summed E-state index contributed by atoms with van der Waals surface area (Å²) in [7, 11) is 0. The van der Waals surface area contributed by atoms with Crippen molar-refractivity contribution < 1.29 is 19.4 Å². The molecule has 3 N–H and O–H groups in total. The molecule has 0 aliphatic rings. The van der Waals surface area contributed by atoms with E-state index in [0.717, 1.165) is 6.07 Å². The number of carbonyl (C=O) groups is 1. The number of carboxylic acid groups (broad SMARTS) is 1. The van der Waals surface area contributed by atoms with Gasteiger partial charge in [-0.25, -0.2) is 9.18 Å². The molecule has 0 radical (unpaired) electrons. The number of aliphatic hydroxyl groups excluding tert-OH is 1. The van der Waals surface area contributed by atoms with Crippen LogP contribution in [0.5, 0.6) is 0 Å². The van der Waals surface area contributed by atoms with Crippen molar-refractivity contribution in [3.8, 4) is 0 Å². The maximum atomic E-state index is 13.4. The van der Waals surface area contributed by atoms with Gasteiger partial charge in [-0.05, 0) is 25.0 Å². The first-order valence-electron chi connectivity index (χ1n) is 5.36. The van der Waals surface area contributed by atoms with E-state index < -0.39 is 11.8 Å². The third kappa shape index (κ3) is 3.17. The SMILES string of the molecule is CC(CO)C(C)Nc1cccc(F)c1C(=O)O. The van der Waals surface area contributed by atoms with E-state index in [1.54, 1.807) is 6.92 Å². The lowest BCUT2D eigenvalue weighted by atomic mass is 10.0. The number of anilines is 1. The van der Waals surface area contributed by atoms with E-state index in [2.05, 4.69) is 5.32 Å². The molecule has 0 saturated carbocycles. The normalized spacial score (nSPS) is 14.1. The average Bonchev–Trinajstić information content (AvgIpc) is 2.27. The van der Waals surface area contributed by atoms with Crippen LogP contribution >= 0.6 is 0 Å². The van der Waals surface area contributed by atoms with Crippen LogP contribution in [0.1, 0.15) is 24.2 Å². The summed E-state index contributed by atoms with van der Waals surface area (Å²) in [5.41, 5.74) is -0.144. The van der Waals surface area contributed by atoms with Gasteiger partial charge in [-0.1, -0.05) is 13.0 Å². The zero-order valence-corrected chi connectivity index (χ0v) is 9.77. The second-order valence-corrected chi connectivity index (χ2v) is 4.06. The zero-order valence-electron chi connectivity index (χ0n) is 9.77. The molecule has 0 aliphatic carbocycles. The number of aromatic carboxylic acids is 1. The minimum absolute atomic E-state index is 0.0219. The monoisotopic (exact) mass is 241 g/mol. The van der Waals surface area contributed by atoms with Crippen LogP contribution < -0.4 is 5.32 Å². The molecular weight excluding hydrogens is 225 g/mol. The van der Waals surface area contributed by atoms with Crippen LogP contribution in [0.3, 0.4) is 0 Å². The van der Waals surface area contributed by atoms with Gasteiger partial charge in [-0.3, -0.25) is 0 Å². The Morgan fingerprint density at radius 1 is 1.47 bits per heavy atom. The van der Waals surface area contributed by atoms with Crippen LogP contribution in [0, 0.1) is 11.7 Å². The van der Waals surface area contributed by atoms with Gasteiger partial charge in [0.05, 0.1) is 5.69 Å². The summed E-state index contributed by atoms with van der Waals surface area (Å²) in [6.07, 6.45) is 0.